The van der Waals surface area contributed by atoms with E-state index >= 15 is 0 Å². The van der Waals surface area contributed by atoms with Gasteiger partial charge in [-0.3, -0.25) is 19.1 Å². The first kappa shape index (κ1) is 23.3. The van der Waals surface area contributed by atoms with Crippen LogP contribution in [0.2, 0.25) is 0 Å². The van der Waals surface area contributed by atoms with E-state index in [1.807, 2.05) is 45.9 Å². The van der Waals surface area contributed by atoms with Crippen molar-refractivity contribution in [1.29, 1.82) is 0 Å². The number of carbonyl (C=O) groups is 1. The summed E-state index contributed by atoms with van der Waals surface area (Å²) in [6.07, 6.45) is 2.30. The van der Waals surface area contributed by atoms with E-state index in [9.17, 15) is 14.4 Å². The summed E-state index contributed by atoms with van der Waals surface area (Å²) in [5.74, 6) is 0.472. The molecule has 8 heteroatoms. The van der Waals surface area contributed by atoms with Gasteiger partial charge >= 0.3 is 5.69 Å². The largest absolute Gasteiger partial charge is 0.493 e. The van der Waals surface area contributed by atoms with Gasteiger partial charge in [0.15, 0.2) is 5.69 Å². The Hall–Kier alpha value is -3.03. The van der Waals surface area contributed by atoms with Gasteiger partial charge in [-0.05, 0) is 38.3 Å². The van der Waals surface area contributed by atoms with Crippen molar-refractivity contribution < 1.29 is 9.53 Å². The second kappa shape index (κ2) is 10.7. The summed E-state index contributed by atoms with van der Waals surface area (Å²) in [6.45, 7) is 8.74. The lowest BCUT2D eigenvalue weighted by Crippen LogP contribution is -2.42. The number of nitrogen functional groups attached to an aromatic ring is 1. The number of benzene rings is 1. The average molecular weight is 417 g/mol. The van der Waals surface area contributed by atoms with Crippen LogP contribution in [0.25, 0.3) is 0 Å². The van der Waals surface area contributed by atoms with Crippen molar-refractivity contribution in [3.63, 3.8) is 0 Å². The van der Waals surface area contributed by atoms with Crippen LogP contribution in [0, 0.1) is 13.8 Å². The Morgan fingerprint density at radius 1 is 1.20 bits per heavy atom. The molecule has 164 valence electrons. The third kappa shape index (κ3) is 5.52. The molecule has 2 aromatic rings. The smallest absolute Gasteiger partial charge is 0.330 e. The number of rotatable bonds is 10. The zero-order valence-electron chi connectivity index (χ0n) is 18.3. The first-order valence-electron chi connectivity index (χ1n) is 10.4. The zero-order chi connectivity index (χ0) is 22.3. The number of hydrogen-bond acceptors (Lipinski definition) is 5. The van der Waals surface area contributed by atoms with E-state index in [0.29, 0.717) is 25.9 Å². The fourth-order valence-corrected chi connectivity index (χ4v) is 3.31. The van der Waals surface area contributed by atoms with Gasteiger partial charge in [0, 0.05) is 13.1 Å². The maximum atomic E-state index is 13.0. The van der Waals surface area contributed by atoms with Gasteiger partial charge in [0.2, 0.25) is 5.91 Å². The number of aromatic amines is 1. The highest BCUT2D eigenvalue weighted by Gasteiger charge is 2.23. The maximum Gasteiger partial charge on any atom is 0.330 e. The van der Waals surface area contributed by atoms with E-state index in [4.69, 9.17) is 10.5 Å². The number of ether oxygens (including phenoxy) is 1. The van der Waals surface area contributed by atoms with Gasteiger partial charge in [0.05, 0.1) is 13.0 Å². The molecule has 0 aliphatic heterocycles. The summed E-state index contributed by atoms with van der Waals surface area (Å²) in [5.41, 5.74) is 7.11. The van der Waals surface area contributed by atoms with Crippen LogP contribution in [-0.4, -0.2) is 28.6 Å². The zero-order valence-corrected chi connectivity index (χ0v) is 18.3. The van der Waals surface area contributed by atoms with E-state index < -0.39 is 11.2 Å². The van der Waals surface area contributed by atoms with E-state index in [1.165, 1.54) is 9.47 Å². The Balaban J connectivity index is 2.24. The number of unbranched alkanes of at least 4 members (excludes halogenated alkanes) is 1. The van der Waals surface area contributed by atoms with Crippen LogP contribution in [-0.2, 0) is 11.3 Å². The van der Waals surface area contributed by atoms with Crippen molar-refractivity contribution in [3.05, 3.63) is 50.2 Å². The van der Waals surface area contributed by atoms with Crippen molar-refractivity contribution in [2.45, 2.75) is 59.9 Å². The maximum absolute atomic E-state index is 13.0. The highest BCUT2D eigenvalue weighted by molar-refractivity contribution is 5.95. The standard InChI is InChI=1S/C22H32N4O4/c1-5-7-12-25(19-20(23)26(11-6-2)22(29)24-21(19)28)18(27)10-13-30-17-9-8-15(3)14-16(17)4/h8-9,14H,5-7,10-13,23H2,1-4H3,(H,24,28,29). The van der Waals surface area contributed by atoms with Gasteiger partial charge in [-0.15, -0.1) is 0 Å². The van der Waals surface area contributed by atoms with Gasteiger partial charge in [-0.25, -0.2) is 4.79 Å². The number of H-pyrrole nitrogens is 1. The molecule has 0 saturated carbocycles. The third-order valence-electron chi connectivity index (χ3n) is 4.87. The molecule has 0 fully saturated rings. The summed E-state index contributed by atoms with van der Waals surface area (Å²) in [7, 11) is 0. The molecule has 0 atom stereocenters. The predicted octanol–water partition coefficient (Wildman–Crippen LogP) is 2.75. The Kier molecular flexibility index (Phi) is 8.26. The highest BCUT2D eigenvalue weighted by atomic mass is 16.5. The lowest BCUT2D eigenvalue weighted by atomic mass is 10.1. The molecule has 1 heterocycles. The van der Waals surface area contributed by atoms with E-state index in [-0.39, 0.29) is 30.4 Å². The number of carbonyl (C=O) groups excluding carboxylic acids is 1. The fraction of sp³-hybridized carbons (Fsp3) is 0.500. The molecule has 0 radical (unpaired) electrons. The molecular formula is C22H32N4O4. The first-order chi connectivity index (χ1) is 14.3. The van der Waals surface area contributed by atoms with Crippen LogP contribution >= 0.6 is 0 Å². The van der Waals surface area contributed by atoms with Gasteiger partial charge < -0.3 is 15.4 Å². The molecule has 3 N–H and O–H groups in total. The molecular weight excluding hydrogens is 384 g/mol. The minimum Gasteiger partial charge on any atom is -0.493 e. The van der Waals surface area contributed by atoms with Crippen LogP contribution < -0.4 is 26.6 Å². The van der Waals surface area contributed by atoms with Crippen molar-refractivity contribution >= 4 is 17.4 Å². The number of anilines is 2. The molecule has 0 aliphatic rings. The lowest BCUT2D eigenvalue weighted by Gasteiger charge is -2.24. The molecule has 1 aromatic heterocycles. The number of amides is 1. The Labute approximate surface area is 176 Å². The van der Waals surface area contributed by atoms with Gasteiger partial charge in [0.25, 0.3) is 5.56 Å². The molecule has 30 heavy (non-hydrogen) atoms. The first-order valence-corrected chi connectivity index (χ1v) is 10.4. The number of hydrogen-bond donors (Lipinski definition) is 2. The summed E-state index contributed by atoms with van der Waals surface area (Å²) < 4.78 is 7.08. The van der Waals surface area contributed by atoms with Crippen molar-refractivity contribution in [2.75, 3.05) is 23.8 Å². The number of nitrogens with zero attached hydrogens (tertiary/aromatic N) is 2. The predicted molar refractivity (Wildman–Crippen MR) is 119 cm³/mol. The summed E-state index contributed by atoms with van der Waals surface area (Å²) in [4.78, 5) is 41.3. The number of nitrogens with two attached hydrogens (primary N) is 1. The van der Waals surface area contributed by atoms with Crippen molar-refractivity contribution in [1.82, 2.24) is 9.55 Å². The summed E-state index contributed by atoms with van der Waals surface area (Å²) >= 11 is 0. The van der Waals surface area contributed by atoms with Gasteiger partial charge in [0.1, 0.15) is 11.6 Å². The minimum absolute atomic E-state index is 0.0188. The monoisotopic (exact) mass is 416 g/mol. The Bertz CT molecular complexity index is 994. The van der Waals surface area contributed by atoms with Gasteiger partial charge in [-0.2, -0.15) is 0 Å². The number of nitrogens with one attached hydrogen (secondary N) is 1. The Morgan fingerprint density at radius 2 is 1.93 bits per heavy atom. The van der Waals surface area contributed by atoms with E-state index in [0.717, 1.165) is 23.3 Å². The molecule has 0 aliphatic carbocycles. The van der Waals surface area contributed by atoms with Crippen LogP contribution in [0.1, 0.15) is 50.7 Å². The average Bonchev–Trinajstić information content (AvgIpc) is 2.69. The fourth-order valence-electron chi connectivity index (χ4n) is 3.31. The molecule has 2 rings (SSSR count). The highest BCUT2D eigenvalue weighted by Crippen LogP contribution is 2.21. The van der Waals surface area contributed by atoms with Crippen LogP contribution in [0.4, 0.5) is 11.5 Å². The second-order valence-electron chi connectivity index (χ2n) is 7.41. The van der Waals surface area contributed by atoms with Crippen molar-refractivity contribution in [2.24, 2.45) is 0 Å². The summed E-state index contributed by atoms with van der Waals surface area (Å²) in [6, 6.07) is 5.85. The number of aromatic nitrogens is 2. The van der Waals surface area contributed by atoms with E-state index in [2.05, 4.69) is 4.98 Å². The lowest BCUT2D eigenvalue weighted by molar-refractivity contribution is -0.119. The normalized spacial score (nSPS) is 10.8. The van der Waals surface area contributed by atoms with Crippen LogP contribution in [0.15, 0.2) is 27.8 Å². The molecule has 0 unspecified atom stereocenters. The molecule has 0 bridgehead atoms. The topological polar surface area (TPSA) is 110 Å². The molecule has 1 aromatic carbocycles. The number of aryl methyl sites for hydroxylation is 2. The van der Waals surface area contributed by atoms with Crippen LogP contribution in [0.5, 0.6) is 5.75 Å². The summed E-state index contributed by atoms with van der Waals surface area (Å²) in [5, 5.41) is 0. The molecule has 1 amide bonds. The second-order valence-corrected chi connectivity index (χ2v) is 7.41. The van der Waals surface area contributed by atoms with Crippen LogP contribution in [0.3, 0.4) is 0 Å². The SMILES string of the molecule is CCCCN(C(=O)CCOc1ccc(C)cc1C)c1c(N)n(CCC)c(=O)[nH]c1=O. The van der Waals surface area contributed by atoms with Gasteiger partial charge in [-0.1, -0.05) is 38.0 Å². The van der Waals surface area contributed by atoms with Crippen molar-refractivity contribution in [3.8, 4) is 5.75 Å². The minimum atomic E-state index is -0.649. The quantitative estimate of drug-likeness (QED) is 0.619. The molecule has 0 saturated heterocycles. The molecule has 8 nitrogen and oxygen atoms in total. The Morgan fingerprint density at radius 3 is 2.57 bits per heavy atom. The third-order valence-corrected chi connectivity index (χ3v) is 4.87. The molecule has 0 spiro atoms. The van der Waals surface area contributed by atoms with E-state index in [1.54, 1.807) is 0 Å².